The molecule has 0 amide bonds. The molecule has 7 heteroatoms. The van der Waals surface area contributed by atoms with E-state index in [0.717, 1.165) is 25.7 Å². The fourth-order valence-corrected chi connectivity index (χ4v) is 3.86. The van der Waals surface area contributed by atoms with E-state index in [1.807, 2.05) is 0 Å². The predicted octanol–water partition coefficient (Wildman–Crippen LogP) is 2.45. The van der Waals surface area contributed by atoms with Crippen molar-refractivity contribution in [2.45, 2.75) is 32.1 Å². The average Bonchev–Trinajstić information content (AvgIpc) is 2.28. The van der Waals surface area contributed by atoms with Gasteiger partial charge in [-0.05, 0) is 18.8 Å². The lowest BCUT2D eigenvalue weighted by molar-refractivity contribution is 0.385. The predicted molar refractivity (Wildman–Crippen MR) is 71.0 cm³/mol. The largest absolute Gasteiger partial charge is 0.266 e. The Hall–Kier alpha value is -0.880. The van der Waals surface area contributed by atoms with Crippen LogP contribution in [0.2, 0.25) is 5.15 Å². The number of aromatic nitrogens is 2. The van der Waals surface area contributed by atoms with Crippen LogP contribution in [0.3, 0.4) is 0 Å². The first-order valence-electron chi connectivity index (χ1n) is 6.03. The monoisotopic (exact) mass is 289 g/mol. The molecule has 1 aromatic heterocycles. The average molecular weight is 290 g/mol. The summed E-state index contributed by atoms with van der Waals surface area (Å²) in [7, 11) is -3.36. The van der Waals surface area contributed by atoms with Gasteiger partial charge in [-0.3, -0.25) is 9.71 Å². The van der Waals surface area contributed by atoms with Crippen molar-refractivity contribution in [2.24, 2.45) is 5.92 Å². The maximum atomic E-state index is 12.0. The molecule has 1 saturated carbocycles. The second kappa shape index (κ2) is 5.84. The lowest BCUT2D eigenvalue weighted by atomic mass is 9.91. The number of anilines is 1. The molecule has 1 fully saturated rings. The summed E-state index contributed by atoms with van der Waals surface area (Å²) in [4.78, 5) is 7.66. The third-order valence-electron chi connectivity index (χ3n) is 3.05. The van der Waals surface area contributed by atoms with Crippen molar-refractivity contribution in [1.82, 2.24) is 9.97 Å². The summed E-state index contributed by atoms with van der Waals surface area (Å²) < 4.78 is 26.3. The molecule has 0 bridgehead atoms. The van der Waals surface area contributed by atoms with Crippen LogP contribution >= 0.6 is 11.6 Å². The minimum atomic E-state index is -3.36. The lowest BCUT2D eigenvalue weighted by Crippen LogP contribution is -2.24. The molecule has 1 aromatic rings. The van der Waals surface area contributed by atoms with E-state index in [-0.39, 0.29) is 22.6 Å². The van der Waals surface area contributed by atoms with E-state index in [9.17, 15) is 8.42 Å². The molecule has 1 aliphatic rings. The van der Waals surface area contributed by atoms with E-state index in [2.05, 4.69) is 14.7 Å². The summed E-state index contributed by atoms with van der Waals surface area (Å²) in [5.74, 6) is 0.586. The van der Waals surface area contributed by atoms with E-state index in [4.69, 9.17) is 11.6 Å². The maximum absolute atomic E-state index is 12.0. The van der Waals surface area contributed by atoms with Crippen molar-refractivity contribution in [3.05, 3.63) is 17.5 Å². The van der Waals surface area contributed by atoms with Crippen molar-refractivity contribution in [3.63, 3.8) is 0 Å². The Bertz CT molecular complexity index is 501. The van der Waals surface area contributed by atoms with Crippen molar-refractivity contribution < 1.29 is 8.42 Å². The summed E-state index contributed by atoms with van der Waals surface area (Å²) in [6.07, 6.45) is 8.15. The Morgan fingerprint density at radius 2 is 2.00 bits per heavy atom. The number of nitrogens with zero attached hydrogens (tertiary/aromatic N) is 2. The minimum absolute atomic E-state index is 0.154. The van der Waals surface area contributed by atoms with Crippen LogP contribution in [0.1, 0.15) is 32.1 Å². The van der Waals surface area contributed by atoms with Crippen LogP contribution in [-0.2, 0) is 10.0 Å². The van der Waals surface area contributed by atoms with Gasteiger partial charge in [-0.25, -0.2) is 13.4 Å². The van der Waals surface area contributed by atoms with E-state index < -0.39 is 10.0 Å². The fourth-order valence-electron chi connectivity index (χ4n) is 2.26. The summed E-state index contributed by atoms with van der Waals surface area (Å²) in [5, 5.41) is 0.174. The highest BCUT2D eigenvalue weighted by molar-refractivity contribution is 7.92. The molecule has 5 nitrogen and oxygen atoms in total. The third kappa shape index (κ3) is 4.10. The van der Waals surface area contributed by atoms with E-state index in [1.54, 1.807) is 0 Å². The molecule has 0 atom stereocenters. The first-order valence-corrected chi connectivity index (χ1v) is 8.06. The Morgan fingerprint density at radius 3 is 2.67 bits per heavy atom. The standard InChI is InChI=1S/C11H16ClN3O2S/c12-10-6-13-7-11(14-10)15-18(16,17)8-9-4-2-1-3-5-9/h6-7,9H,1-5,8H2,(H,14,15). The Labute approximate surface area is 112 Å². The zero-order chi connectivity index (χ0) is 13.0. The highest BCUT2D eigenvalue weighted by Gasteiger charge is 2.21. The van der Waals surface area contributed by atoms with Crippen molar-refractivity contribution >= 4 is 27.4 Å². The van der Waals surface area contributed by atoms with Gasteiger partial charge in [0.05, 0.1) is 18.1 Å². The normalized spacial score (nSPS) is 17.6. The summed E-state index contributed by atoms with van der Waals surface area (Å²) in [6, 6.07) is 0. The first-order chi connectivity index (χ1) is 8.55. The van der Waals surface area contributed by atoms with Crippen LogP contribution in [0.15, 0.2) is 12.4 Å². The molecule has 0 spiro atoms. The molecular formula is C11H16ClN3O2S. The highest BCUT2D eigenvalue weighted by Crippen LogP contribution is 2.25. The van der Waals surface area contributed by atoms with Crippen LogP contribution < -0.4 is 4.72 Å². The molecule has 0 aromatic carbocycles. The van der Waals surface area contributed by atoms with Gasteiger partial charge >= 0.3 is 0 Å². The molecule has 100 valence electrons. The number of sulfonamides is 1. The van der Waals surface area contributed by atoms with E-state index in [1.165, 1.54) is 18.8 Å². The maximum Gasteiger partial charge on any atom is 0.234 e. The summed E-state index contributed by atoms with van der Waals surface area (Å²) in [6.45, 7) is 0. The quantitative estimate of drug-likeness (QED) is 0.924. The molecule has 1 N–H and O–H groups in total. The molecule has 18 heavy (non-hydrogen) atoms. The van der Waals surface area contributed by atoms with Crippen LogP contribution in [0.5, 0.6) is 0 Å². The second-order valence-electron chi connectivity index (χ2n) is 4.61. The van der Waals surface area contributed by atoms with Gasteiger partial charge in [-0.2, -0.15) is 0 Å². The second-order valence-corrected chi connectivity index (χ2v) is 6.77. The Kier molecular flexibility index (Phi) is 4.40. The number of rotatable bonds is 4. The Balaban J connectivity index is 1.98. The molecule has 0 saturated heterocycles. The van der Waals surface area contributed by atoms with Gasteiger partial charge in [0.25, 0.3) is 0 Å². The van der Waals surface area contributed by atoms with Gasteiger partial charge in [-0.15, -0.1) is 0 Å². The SMILES string of the molecule is O=S(=O)(CC1CCCCC1)Nc1cncc(Cl)n1. The summed E-state index contributed by atoms with van der Waals surface area (Å²) in [5.41, 5.74) is 0. The van der Waals surface area contributed by atoms with Gasteiger partial charge in [0.2, 0.25) is 10.0 Å². The number of hydrogen-bond donors (Lipinski definition) is 1. The lowest BCUT2D eigenvalue weighted by Gasteiger charge is -2.21. The molecule has 1 heterocycles. The van der Waals surface area contributed by atoms with Crippen molar-refractivity contribution in [3.8, 4) is 0 Å². The van der Waals surface area contributed by atoms with E-state index in [0.29, 0.717) is 0 Å². The zero-order valence-electron chi connectivity index (χ0n) is 9.97. The fraction of sp³-hybridized carbons (Fsp3) is 0.636. The highest BCUT2D eigenvalue weighted by atomic mass is 35.5. The number of halogens is 1. The van der Waals surface area contributed by atoms with Gasteiger partial charge in [0.15, 0.2) is 5.82 Å². The molecule has 0 unspecified atom stereocenters. The molecular weight excluding hydrogens is 274 g/mol. The van der Waals surface area contributed by atoms with Crippen LogP contribution in [0.4, 0.5) is 5.82 Å². The van der Waals surface area contributed by atoms with Gasteiger partial charge < -0.3 is 0 Å². The van der Waals surface area contributed by atoms with Crippen LogP contribution in [-0.4, -0.2) is 24.1 Å². The molecule has 2 rings (SSSR count). The Morgan fingerprint density at radius 1 is 1.28 bits per heavy atom. The topological polar surface area (TPSA) is 72.0 Å². The minimum Gasteiger partial charge on any atom is -0.266 e. The van der Waals surface area contributed by atoms with Crippen molar-refractivity contribution in [2.75, 3.05) is 10.5 Å². The smallest absolute Gasteiger partial charge is 0.234 e. The number of nitrogens with one attached hydrogen (secondary N) is 1. The van der Waals surface area contributed by atoms with Gasteiger partial charge in [-0.1, -0.05) is 30.9 Å². The van der Waals surface area contributed by atoms with Crippen LogP contribution in [0.25, 0.3) is 0 Å². The van der Waals surface area contributed by atoms with Gasteiger partial charge in [0, 0.05) is 0 Å². The molecule has 1 aliphatic carbocycles. The van der Waals surface area contributed by atoms with E-state index >= 15 is 0 Å². The van der Waals surface area contributed by atoms with Crippen molar-refractivity contribution in [1.29, 1.82) is 0 Å². The van der Waals surface area contributed by atoms with Gasteiger partial charge in [0.1, 0.15) is 5.15 Å². The first kappa shape index (κ1) is 13.5. The molecule has 0 radical (unpaired) electrons. The third-order valence-corrected chi connectivity index (χ3v) is 4.66. The zero-order valence-corrected chi connectivity index (χ0v) is 11.5. The number of hydrogen-bond acceptors (Lipinski definition) is 4. The van der Waals surface area contributed by atoms with Crippen LogP contribution in [0, 0.1) is 5.92 Å². The summed E-state index contributed by atoms with van der Waals surface area (Å²) >= 11 is 5.66. The molecule has 0 aliphatic heterocycles.